The zero-order valence-corrected chi connectivity index (χ0v) is 21.5. The summed E-state index contributed by atoms with van der Waals surface area (Å²) in [4.78, 5) is 41.1. The number of imidazole rings is 1. The maximum Gasteiger partial charge on any atom is 0.341 e. The van der Waals surface area contributed by atoms with Crippen LogP contribution in [-0.2, 0) is 14.2 Å². The van der Waals surface area contributed by atoms with Gasteiger partial charge in [0.15, 0.2) is 29.5 Å². The van der Waals surface area contributed by atoms with Gasteiger partial charge in [0, 0.05) is 17.8 Å². The number of carbonyl (C=O) groups is 2. The summed E-state index contributed by atoms with van der Waals surface area (Å²) >= 11 is 0. The fourth-order valence-corrected chi connectivity index (χ4v) is 4.98. The van der Waals surface area contributed by atoms with Crippen LogP contribution in [0.2, 0.25) is 0 Å². The van der Waals surface area contributed by atoms with Crippen LogP contribution in [0.5, 0.6) is 5.88 Å². The molecule has 14 heteroatoms. The molecule has 0 radical (unpaired) electrons. The van der Waals surface area contributed by atoms with Crippen LogP contribution in [0.15, 0.2) is 61.3 Å². The standard InChI is InChI=1S/C27H25N7O7/c35-25(36)16-7-4-10-28-23(16)38-11-17-19-20(41-26(40-19)14-5-2-1-3-6-14)24(39-17)34-13-31-18-21(29-12-30-22(18)34)33-27(37)32-15-8-9-15/h1-7,10,12-13,15,17,19-20,24,26H,8-9,11H2,(H,35,36)(H2,29,30,32,33,37)/t17?,19?,20?,24?,26-/m0/s1. The van der Waals surface area contributed by atoms with Crippen molar-refractivity contribution in [3.8, 4) is 5.88 Å². The molecule has 1 aromatic carbocycles. The number of urea groups is 1. The molecule has 1 aliphatic carbocycles. The van der Waals surface area contributed by atoms with Gasteiger partial charge in [-0.05, 0) is 25.0 Å². The third kappa shape index (κ3) is 4.92. The number of nitrogens with zero attached hydrogens (tertiary/aromatic N) is 5. The topological polar surface area (TPSA) is 172 Å². The zero-order chi connectivity index (χ0) is 27.9. The Morgan fingerprint density at radius 1 is 1.00 bits per heavy atom. The lowest BCUT2D eigenvalue weighted by Crippen LogP contribution is -2.33. The van der Waals surface area contributed by atoms with Crippen molar-refractivity contribution in [1.29, 1.82) is 0 Å². The number of aromatic carboxylic acids is 1. The van der Waals surface area contributed by atoms with Crippen molar-refractivity contribution in [2.24, 2.45) is 0 Å². The SMILES string of the molecule is O=C(Nc1ncnc2c1ncn2C1OC(COc2ncccc2C(=O)O)C2O[C@H](c3ccccc3)OC21)NC1CC1. The summed E-state index contributed by atoms with van der Waals surface area (Å²) in [5.41, 5.74) is 1.59. The van der Waals surface area contributed by atoms with E-state index >= 15 is 0 Å². The largest absolute Gasteiger partial charge is 0.477 e. The van der Waals surface area contributed by atoms with Gasteiger partial charge in [-0.2, -0.15) is 0 Å². The fraction of sp³-hybridized carbons (Fsp3) is 0.333. The van der Waals surface area contributed by atoms with Crippen LogP contribution in [-0.4, -0.2) is 72.6 Å². The highest BCUT2D eigenvalue weighted by atomic mass is 16.8. The molecule has 5 heterocycles. The van der Waals surface area contributed by atoms with E-state index < -0.39 is 36.8 Å². The van der Waals surface area contributed by atoms with Crippen molar-refractivity contribution in [3.05, 3.63) is 72.4 Å². The molecular formula is C27H25N7O7. The molecule has 14 nitrogen and oxygen atoms in total. The van der Waals surface area contributed by atoms with Crippen molar-refractivity contribution < 1.29 is 33.6 Å². The lowest BCUT2D eigenvalue weighted by atomic mass is 10.1. The molecule has 2 aliphatic heterocycles. The fourth-order valence-electron chi connectivity index (χ4n) is 4.98. The Morgan fingerprint density at radius 2 is 1.83 bits per heavy atom. The van der Waals surface area contributed by atoms with Gasteiger partial charge in [0.25, 0.3) is 0 Å². The number of rotatable bonds is 8. The second kappa shape index (κ2) is 10.4. The van der Waals surface area contributed by atoms with E-state index in [-0.39, 0.29) is 35.9 Å². The summed E-state index contributed by atoms with van der Waals surface area (Å²) in [5, 5.41) is 15.1. The number of pyridine rings is 1. The number of anilines is 1. The van der Waals surface area contributed by atoms with Gasteiger partial charge >= 0.3 is 12.0 Å². The molecule has 5 atom stereocenters. The van der Waals surface area contributed by atoms with Crippen molar-refractivity contribution in [1.82, 2.24) is 29.8 Å². The van der Waals surface area contributed by atoms with Gasteiger partial charge in [-0.15, -0.1) is 0 Å². The smallest absolute Gasteiger partial charge is 0.341 e. The lowest BCUT2D eigenvalue weighted by Gasteiger charge is -2.21. The van der Waals surface area contributed by atoms with Crippen LogP contribution in [0.25, 0.3) is 11.2 Å². The van der Waals surface area contributed by atoms with E-state index in [1.807, 2.05) is 30.3 Å². The molecule has 41 heavy (non-hydrogen) atoms. The van der Waals surface area contributed by atoms with Crippen LogP contribution in [0.3, 0.4) is 0 Å². The molecule has 3 N–H and O–H groups in total. The minimum Gasteiger partial charge on any atom is -0.477 e. The number of benzene rings is 1. The highest BCUT2D eigenvalue weighted by Crippen LogP contribution is 2.45. The predicted molar refractivity (Wildman–Crippen MR) is 140 cm³/mol. The first-order valence-electron chi connectivity index (χ1n) is 13.1. The number of ether oxygens (including phenoxy) is 4. The first-order valence-corrected chi connectivity index (χ1v) is 13.1. The minimum absolute atomic E-state index is 0.0249. The van der Waals surface area contributed by atoms with Crippen LogP contribution in [0.4, 0.5) is 10.6 Å². The second-order valence-electron chi connectivity index (χ2n) is 9.90. The van der Waals surface area contributed by atoms with Gasteiger partial charge in [-0.25, -0.2) is 29.5 Å². The van der Waals surface area contributed by atoms with Gasteiger partial charge < -0.3 is 29.4 Å². The minimum atomic E-state index is -1.15. The third-order valence-electron chi connectivity index (χ3n) is 7.08. The lowest BCUT2D eigenvalue weighted by molar-refractivity contribution is -0.152. The van der Waals surface area contributed by atoms with E-state index in [4.69, 9.17) is 18.9 Å². The summed E-state index contributed by atoms with van der Waals surface area (Å²) in [6, 6.07) is 12.3. The number of hydrogen-bond donors (Lipinski definition) is 3. The summed E-state index contributed by atoms with van der Waals surface area (Å²) in [6.07, 6.45) is 3.08. The first-order chi connectivity index (χ1) is 20.0. The Balaban J connectivity index is 1.17. The average molecular weight is 560 g/mol. The van der Waals surface area contributed by atoms with Crippen LogP contribution in [0, 0.1) is 0 Å². The number of nitrogens with one attached hydrogen (secondary N) is 2. The second-order valence-corrected chi connectivity index (χ2v) is 9.90. The molecule has 4 aromatic rings. The molecule has 2 amide bonds. The van der Waals surface area contributed by atoms with Gasteiger partial charge in [-0.3, -0.25) is 9.88 Å². The molecule has 2 saturated heterocycles. The Hall–Kier alpha value is -4.66. The summed E-state index contributed by atoms with van der Waals surface area (Å²) in [5.74, 6) is -0.910. The number of hydrogen-bond acceptors (Lipinski definition) is 10. The first kappa shape index (κ1) is 25.3. The molecule has 3 aliphatic rings. The Labute approximate surface area is 232 Å². The monoisotopic (exact) mass is 559 g/mol. The molecule has 0 bridgehead atoms. The number of carboxylic acid groups (broad SMARTS) is 1. The van der Waals surface area contributed by atoms with E-state index in [9.17, 15) is 14.7 Å². The van der Waals surface area contributed by atoms with Gasteiger partial charge in [-0.1, -0.05) is 30.3 Å². The molecule has 0 spiro atoms. The third-order valence-corrected chi connectivity index (χ3v) is 7.08. The van der Waals surface area contributed by atoms with Gasteiger partial charge in [0.1, 0.15) is 36.8 Å². The number of fused-ring (bicyclic) bond motifs is 2. The normalized spacial score (nSPS) is 25.1. The predicted octanol–water partition coefficient (Wildman–Crippen LogP) is 2.66. The average Bonchev–Trinajstić information content (AvgIpc) is 3.38. The van der Waals surface area contributed by atoms with Gasteiger partial charge in [0.05, 0.1) is 6.33 Å². The molecule has 3 fully saturated rings. The van der Waals surface area contributed by atoms with Crippen molar-refractivity contribution in [2.75, 3.05) is 11.9 Å². The summed E-state index contributed by atoms with van der Waals surface area (Å²) < 4.78 is 26.6. The van der Waals surface area contributed by atoms with Crippen LogP contribution in [0.1, 0.15) is 41.3 Å². The number of carbonyl (C=O) groups excluding carboxylic acids is 1. The number of carboxylic acids is 1. The molecule has 4 unspecified atom stereocenters. The molecule has 3 aromatic heterocycles. The van der Waals surface area contributed by atoms with Crippen molar-refractivity contribution >= 4 is 29.0 Å². The highest BCUT2D eigenvalue weighted by molar-refractivity contribution is 5.96. The maximum absolute atomic E-state index is 12.4. The maximum atomic E-state index is 12.4. The Kier molecular flexibility index (Phi) is 6.41. The van der Waals surface area contributed by atoms with Gasteiger partial charge in [0.2, 0.25) is 5.88 Å². The number of aromatic nitrogens is 5. The highest BCUT2D eigenvalue weighted by Gasteiger charge is 2.54. The number of amides is 2. The molecular weight excluding hydrogens is 534 g/mol. The summed E-state index contributed by atoms with van der Waals surface area (Å²) in [6.45, 7) is -0.0460. The zero-order valence-electron chi connectivity index (χ0n) is 21.5. The quantitative estimate of drug-likeness (QED) is 0.290. The van der Waals surface area contributed by atoms with Crippen LogP contribution < -0.4 is 15.4 Å². The van der Waals surface area contributed by atoms with E-state index in [1.165, 1.54) is 24.7 Å². The summed E-state index contributed by atoms with van der Waals surface area (Å²) in [7, 11) is 0. The van der Waals surface area contributed by atoms with E-state index in [0.29, 0.717) is 11.2 Å². The Morgan fingerprint density at radius 3 is 2.63 bits per heavy atom. The van der Waals surface area contributed by atoms with Crippen molar-refractivity contribution in [3.63, 3.8) is 0 Å². The molecule has 210 valence electrons. The van der Waals surface area contributed by atoms with Crippen molar-refractivity contribution in [2.45, 2.75) is 49.7 Å². The van der Waals surface area contributed by atoms with E-state index in [1.54, 1.807) is 10.9 Å². The molecule has 7 rings (SSSR count). The Bertz CT molecular complexity index is 1600. The van der Waals surface area contributed by atoms with Crippen LogP contribution >= 0.6 is 0 Å². The molecule has 1 saturated carbocycles. The van der Waals surface area contributed by atoms with E-state index in [0.717, 1.165) is 18.4 Å². The van der Waals surface area contributed by atoms with E-state index in [2.05, 4.69) is 30.6 Å².